The van der Waals surface area contributed by atoms with Gasteiger partial charge in [0.1, 0.15) is 13.6 Å². The van der Waals surface area contributed by atoms with Crippen molar-refractivity contribution in [1.29, 1.82) is 0 Å². The molecule has 0 heterocycles. The molecule has 0 aromatic carbocycles. The van der Waals surface area contributed by atoms with Crippen molar-refractivity contribution < 1.29 is 33.9 Å². The Balaban J connectivity index is 4.71. The molecule has 0 aromatic rings. The van der Waals surface area contributed by atoms with Crippen molar-refractivity contribution in [2.24, 2.45) is 0 Å². The lowest BCUT2D eigenvalue weighted by Gasteiger charge is -2.31. The Morgan fingerprint density at radius 3 is 1.71 bits per heavy atom. The Morgan fingerprint density at radius 1 is 0.706 bits per heavy atom. The van der Waals surface area contributed by atoms with Crippen LogP contribution in [0, 0.1) is 0 Å². The summed E-state index contributed by atoms with van der Waals surface area (Å²) >= 11 is 0. The van der Waals surface area contributed by atoms with Gasteiger partial charge < -0.3 is 39.2 Å². The fraction of sp³-hybridized carbons (Fsp3) is 1.00. The van der Waals surface area contributed by atoms with Gasteiger partial charge in [0.15, 0.2) is 0 Å². The first-order valence-electron chi connectivity index (χ1n) is 13.1. The Morgan fingerprint density at radius 2 is 1.26 bits per heavy atom. The van der Waals surface area contributed by atoms with E-state index in [2.05, 4.69) is 17.1 Å². The van der Waals surface area contributed by atoms with Gasteiger partial charge in [-0.25, -0.2) is 0 Å². The molecule has 3 N–H and O–H groups in total. The van der Waals surface area contributed by atoms with Gasteiger partial charge in [0.2, 0.25) is 0 Å². The van der Waals surface area contributed by atoms with E-state index >= 15 is 0 Å². The van der Waals surface area contributed by atoms with E-state index in [9.17, 15) is 10.2 Å². The molecular formula is C25H54N2O7. The van der Waals surface area contributed by atoms with Gasteiger partial charge in [-0.2, -0.15) is 0 Å². The zero-order chi connectivity index (χ0) is 25.6. The maximum Gasteiger partial charge on any atom is 0.144 e. The quantitative estimate of drug-likeness (QED) is 0.130. The van der Waals surface area contributed by atoms with Crippen LogP contribution in [0.15, 0.2) is 0 Å². The Bertz CT molecular complexity index is 406. The average molecular weight is 495 g/mol. The molecule has 34 heavy (non-hydrogen) atoms. The van der Waals surface area contributed by atoms with E-state index < -0.39 is 0 Å². The highest BCUT2D eigenvalue weighted by molar-refractivity contribution is 4.72. The van der Waals surface area contributed by atoms with Gasteiger partial charge in [0, 0.05) is 32.8 Å². The summed E-state index contributed by atoms with van der Waals surface area (Å²) in [6, 6.07) is 0. The molecule has 3 unspecified atom stereocenters. The monoisotopic (exact) mass is 494 g/mol. The lowest BCUT2D eigenvalue weighted by molar-refractivity contribution is -0.116. The van der Waals surface area contributed by atoms with Crippen molar-refractivity contribution in [2.75, 3.05) is 66.1 Å². The number of aliphatic hydroxyl groups excluding tert-OH is 2. The van der Waals surface area contributed by atoms with Crippen molar-refractivity contribution in [3.05, 3.63) is 0 Å². The van der Waals surface area contributed by atoms with Crippen molar-refractivity contribution in [3.8, 4) is 0 Å². The molecule has 0 amide bonds. The lowest BCUT2D eigenvalue weighted by atomic mass is 10.1. The average Bonchev–Trinajstić information content (AvgIpc) is 2.79. The standard InChI is InChI=1S/C25H54N2O7/c1-7-23(30-8-2)11-9-10-12-26-13-14-27(15-24(33-19-28)17-31-21(3)4)16-25(34-20-29)18-32-22(5)6/h21-26,28-29H,7-20H2,1-6H3. The molecule has 0 rings (SSSR count). The molecule has 0 radical (unpaired) electrons. The van der Waals surface area contributed by atoms with Crippen LogP contribution in [0.3, 0.4) is 0 Å². The second-order valence-corrected chi connectivity index (χ2v) is 9.09. The van der Waals surface area contributed by atoms with Crippen molar-refractivity contribution in [1.82, 2.24) is 10.2 Å². The van der Waals surface area contributed by atoms with E-state index in [1.54, 1.807) is 0 Å². The molecule has 0 spiro atoms. The number of nitrogens with zero attached hydrogens (tertiary/aromatic N) is 1. The minimum atomic E-state index is -0.355. The first-order chi connectivity index (χ1) is 16.4. The lowest BCUT2D eigenvalue weighted by Crippen LogP contribution is -2.45. The zero-order valence-electron chi connectivity index (χ0n) is 22.7. The van der Waals surface area contributed by atoms with Gasteiger partial charge in [0.25, 0.3) is 0 Å². The van der Waals surface area contributed by atoms with Gasteiger partial charge in [-0.05, 0) is 66.8 Å². The summed E-state index contributed by atoms with van der Waals surface area (Å²) in [5.74, 6) is 0. The van der Waals surface area contributed by atoms with E-state index in [0.29, 0.717) is 32.4 Å². The number of hydrogen-bond donors (Lipinski definition) is 3. The maximum atomic E-state index is 9.32. The second kappa shape index (κ2) is 23.1. The molecule has 0 bridgehead atoms. The normalized spacial score (nSPS) is 14.9. The fourth-order valence-corrected chi connectivity index (χ4v) is 3.58. The molecule has 0 aliphatic carbocycles. The predicted molar refractivity (Wildman–Crippen MR) is 135 cm³/mol. The van der Waals surface area contributed by atoms with Crippen LogP contribution in [0.1, 0.15) is 67.2 Å². The molecule has 3 atom stereocenters. The molecule has 0 fully saturated rings. The number of unbranched alkanes of at least 4 members (excludes halogenated alkanes) is 1. The topological polar surface area (TPSA) is 102 Å². The Kier molecular flexibility index (Phi) is 22.8. The van der Waals surface area contributed by atoms with Gasteiger partial charge in [0.05, 0.1) is 43.7 Å². The second-order valence-electron chi connectivity index (χ2n) is 9.09. The van der Waals surface area contributed by atoms with E-state index in [0.717, 1.165) is 51.9 Å². The first kappa shape index (κ1) is 33.6. The Labute approximate surface area is 208 Å². The van der Waals surface area contributed by atoms with Crippen LogP contribution in [0.2, 0.25) is 0 Å². The number of ether oxygens (including phenoxy) is 5. The highest BCUT2D eigenvalue weighted by Crippen LogP contribution is 2.08. The maximum absolute atomic E-state index is 9.32. The summed E-state index contributed by atoms with van der Waals surface area (Å²) in [6.45, 7) is 16.7. The van der Waals surface area contributed by atoms with Crippen LogP contribution in [0.5, 0.6) is 0 Å². The van der Waals surface area contributed by atoms with Crippen LogP contribution < -0.4 is 5.32 Å². The van der Waals surface area contributed by atoms with Crippen molar-refractivity contribution in [3.63, 3.8) is 0 Å². The summed E-state index contributed by atoms with van der Waals surface area (Å²) in [7, 11) is 0. The third kappa shape index (κ3) is 19.9. The summed E-state index contributed by atoms with van der Waals surface area (Å²) in [5.41, 5.74) is 0. The minimum absolute atomic E-state index is 0.0832. The molecule has 206 valence electrons. The predicted octanol–water partition coefficient (Wildman–Crippen LogP) is 2.38. The van der Waals surface area contributed by atoms with Gasteiger partial charge in [-0.15, -0.1) is 0 Å². The van der Waals surface area contributed by atoms with Crippen LogP contribution in [0.4, 0.5) is 0 Å². The number of nitrogens with one attached hydrogen (secondary N) is 1. The van der Waals surface area contributed by atoms with Crippen LogP contribution >= 0.6 is 0 Å². The molecule has 0 saturated heterocycles. The summed E-state index contributed by atoms with van der Waals surface area (Å²) in [5, 5.41) is 22.2. The number of aliphatic hydroxyl groups is 2. The van der Waals surface area contributed by atoms with Crippen LogP contribution in [-0.4, -0.2) is 112 Å². The molecule has 0 aromatic heterocycles. The number of hydrogen-bond acceptors (Lipinski definition) is 9. The van der Waals surface area contributed by atoms with Crippen LogP contribution in [-0.2, 0) is 23.7 Å². The van der Waals surface area contributed by atoms with Crippen LogP contribution in [0.25, 0.3) is 0 Å². The zero-order valence-corrected chi connectivity index (χ0v) is 22.7. The van der Waals surface area contributed by atoms with Gasteiger partial charge >= 0.3 is 0 Å². The first-order valence-corrected chi connectivity index (χ1v) is 13.1. The summed E-state index contributed by atoms with van der Waals surface area (Å²) in [4.78, 5) is 2.21. The molecule has 0 aliphatic heterocycles. The molecule has 9 nitrogen and oxygen atoms in total. The highest BCUT2D eigenvalue weighted by atomic mass is 16.6. The van der Waals surface area contributed by atoms with Crippen molar-refractivity contribution in [2.45, 2.75) is 97.7 Å². The largest absolute Gasteiger partial charge is 0.379 e. The molecular weight excluding hydrogens is 440 g/mol. The third-order valence-electron chi connectivity index (χ3n) is 5.37. The number of rotatable bonds is 25. The SMILES string of the molecule is CCOC(CC)CCCCNCCN(CC(COC(C)C)OCO)CC(COC(C)C)OCO. The van der Waals surface area contributed by atoms with Gasteiger partial charge in [-0.3, -0.25) is 4.90 Å². The third-order valence-corrected chi connectivity index (χ3v) is 5.37. The Hall–Kier alpha value is -0.360. The van der Waals surface area contributed by atoms with E-state index in [4.69, 9.17) is 23.7 Å². The highest BCUT2D eigenvalue weighted by Gasteiger charge is 2.20. The van der Waals surface area contributed by atoms with E-state index in [-0.39, 0.29) is 38.0 Å². The van der Waals surface area contributed by atoms with Crippen molar-refractivity contribution >= 4 is 0 Å². The van der Waals surface area contributed by atoms with E-state index in [1.165, 1.54) is 0 Å². The smallest absolute Gasteiger partial charge is 0.144 e. The van der Waals surface area contributed by atoms with Gasteiger partial charge in [-0.1, -0.05) is 6.92 Å². The summed E-state index contributed by atoms with van der Waals surface area (Å²) < 4.78 is 28.2. The summed E-state index contributed by atoms with van der Waals surface area (Å²) in [6.07, 6.45) is 4.42. The minimum Gasteiger partial charge on any atom is -0.379 e. The fourth-order valence-electron chi connectivity index (χ4n) is 3.58. The molecule has 0 saturated carbocycles. The molecule has 0 aliphatic rings. The van der Waals surface area contributed by atoms with E-state index in [1.807, 2.05) is 34.6 Å². The molecule has 9 heteroatoms.